The van der Waals surface area contributed by atoms with Crippen LogP contribution in [0.4, 0.5) is 0 Å². The fourth-order valence-corrected chi connectivity index (χ4v) is 3.43. The lowest BCUT2D eigenvalue weighted by Crippen LogP contribution is -2.69. The zero-order valence-electron chi connectivity index (χ0n) is 16.9. The maximum absolute atomic E-state index is 13.2. The summed E-state index contributed by atoms with van der Waals surface area (Å²) in [6, 6.07) is 7.29. The van der Waals surface area contributed by atoms with E-state index in [2.05, 4.69) is 10.1 Å². The molecule has 3 rings (SSSR count). The van der Waals surface area contributed by atoms with Crippen LogP contribution in [0.15, 0.2) is 53.0 Å². The normalized spacial score (nSPS) is 18.8. The molecule has 0 aliphatic carbocycles. The molecule has 29 heavy (non-hydrogen) atoms. The summed E-state index contributed by atoms with van der Waals surface area (Å²) in [7, 11) is 4.45. The van der Waals surface area contributed by atoms with Gasteiger partial charge in [-0.2, -0.15) is 0 Å². The zero-order chi connectivity index (χ0) is 21.0. The Balaban J connectivity index is 1.80. The van der Waals surface area contributed by atoms with Gasteiger partial charge in [-0.25, -0.2) is 4.79 Å². The van der Waals surface area contributed by atoms with Gasteiger partial charge in [0.05, 0.1) is 40.4 Å². The number of likely N-dealkylation sites (tertiary alicyclic amines) is 1. The van der Waals surface area contributed by atoms with Crippen molar-refractivity contribution in [3.8, 4) is 11.5 Å². The SMILES string of the molecule is COC(=O)C=C(C)NC1(c2ccoc2)CN(Cc2ccc(OC)c(OC)c2)C1=O. The van der Waals surface area contributed by atoms with Crippen LogP contribution in [0.2, 0.25) is 0 Å². The van der Waals surface area contributed by atoms with E-state index < -0.39 is 11.5 Å². The molecular weight excluding hydrogens is 376 g/mol. The maximum Gasteiger partial charge on any atom is 0.332 e. The number of carbonyl (C=O) groups excluding carboxylic acids is 2. The third kappa shape index (κ3) is 3.91. The molecule has 2 heterocycles. The topological polar surface area (TPSA) is 90.2 Å². The number of carbonyl (C=O) groups is 2. The van der Waals surface area contributed by atoms with Crippen molar-refractivity contribution in [2.75, 3.05) is 27.9 Å². The van der Waals surface area contributed by atoms with Gasteiger partial charge in [0.15, 0.2) is 17.0 Å². The number of hydrogen-bond donors (Lipinski definition) is 1. The summed E-state index contributed by atoms with van der Waals surface area (Å²) in [4.78, 5) is 26.4. The molecule has 0 bridgehead atoms. The molecule has 8 heteroatoms. The van der Waals surface area contributed by atoms with E-state index in [4.69, 9.17) is 13.9 Å². The minimum Gasteiger partial charge on any atom is -0.493 e. The molecule has 1 fully saturated rings. The number of nitrogens with zero attached hydrogens (tertiary/aromatic N) is 1. The molecule has 8 nitrogen and oxygen atoms in total. The molecule has 0 spiro atoms. The largest absolute Gasteiger partial charge is 0.493 e. The highest BCUT2D eigenvalue weighted by molar-refractivity contribution is 5.94. The summed E-state index contributed by atoms with van der Waals surface area (Å²) < 4.78 is 20.4. The average molecular weight is 400 g/mol. The van der Waals surface area contributed by atoms with Crippen LogP contribution in [-0.2, 0) is 26.4 Å². The summed E-state index contributed by atoms with van der Waals surface area (Å²) in [6.45, 7) is 2.54. The van der Waals surface area contributed by atoms with Crippen LogP contribution < -0.4 is 14.8 Å². The van der Waals surface area contributed by atoms with Crippen molar-refractivity contribution in [2.24, 2.45) is 0 Å². The predicted molar refractivity (Wildman–Crippen MR) is 104 cm³/mol. The van der Waals surface area contributed by atoms with Crippen molar-refractivity contribution in [3.05, 3.63) is 59.7 Å². The highest BCUT2D eigenvalue weighted by atomic mass is 16.5. The summed E-state index contributed by atoms with van der Waals surface area (Å²) in [6.07, 6.45) is 4.36. The molecule has 1 saturated heterocycles. The molecule has 2 aromatic rings. The Hall–Kier alpha value is -3.42. The monoisotopic (exact) mass is 400 g/mol. The van der Waals surface area contributed by atoms with Crippen molar-refractivity contribution >= 4 is 11.9 Å². The Morgan fingerprint density at radius 1 is 1.24 bits per heavy atom. The quantitative estimate of drug-likeness (QED) is 0.413. The third-order valence-corrected chi connectivity index (χ3v) is 4.86. The predicted octanol–water partition coefficient (Wildman–Crippen LogP) is 2.20. The van der Waals surface area contributed by atoms with Crippen molar-refractivity contribution < 1.29 is 28.2 Å². The molecule has 0 radical (unpaired) electrons. The van der Waals surface area contributed by atoms with E-state index >= 15 is 0 Å². The number of allylic oxidation sites excluding steroid dienone is 1. The number of ether oxygens (including phenoxy) is 3. The van der Waals surface area contributed by atoms with Crippen molar-refractivity contribution in [1.29, 1.82) is 0 Å². The Labute approximate surface area is 169 Å². The highest BCUT2D eigenvalue weighted by Gasteiger charge is 2.54. The molecule has 154 valence electrons. The molecule has 1 aromatic carbocycles. The number of amides is 1. The first-order valence-corrected chi connectivity index (χ1v) is 9.01. The second-order valence-electron chi connectivity index (χ2n) is 6.74. The first-order chi connectivity index (χ1) is 13.9. The Morgan fingerprint density at radius 2 is 2.00 bits per heavy atom. The van der Waals surface area contributed by atoms with Crippen molar-refractivity contribution in [2.45, 2.75) is 19.0 Å². The smallest absolute Gasteiger partial charge is 0.332 e. The molecule has 1 aliphatic heterocycles. The lowest BCUT2D eigenvalue weighted by Gasteiger charge is -2.49. The van der Waals surface area contributed by atoms with Gasteiger partial charge >= 0.3 is 5.97 Å². The number of rotatable bonds is 8. The number of β-lactam (4-membered cyclic amide) rings is 1. The van der Waals surface area contributed by atoms with Gasteiger partial charge in [-0.05, 0) is 30.7 Å². The summed E-state index contributed by atoms with van der Waals surface area (Å²) in [5.41, 5.74) is 1.15. The number of nitrogens with one attached hydrogen (secondary N) is 1. The molecule has 1 aliphatic rings. The third-order valence-electron chi connectivity index (χ3n) is 4.86. The van der Waals surface area contributed by atoms with Gasteiger partial charge < -0.3 is 28.8 Å². The number of hydrogen-bond acceptors (Lipinski definition) is 7. The van der Waals surface area contributed by atoms with Crippen LogP contribution in [0.1, 0.15) is 18.1 Å². The van der Waals surface area contributed by atoms with E-state index in [0.29, 0.717) is 35.8 Å². The van der Waals surface area contributed by atoms with Crippen molar-refractivity contribution in [1.82, 2.24) is 10.2 Å². The van der Waals surface area contributed by atoms with Crippen LogP contribution in [0.25, 0.3) is 0 Å². The Bertz CT molecular complexity index is 921. The van der Waals surface area contributed by atoms with Gasteiger partial charge in [0.1, 0.15) is 0 Å². The first-order valence-electron chi connectivity index (χ1n) is 9.01. The van der Waals surface area contributed by atoms with E-state index in [9.17, 15) is 9.59 Å². The van der Waals surface area contributed by atoms with Crippen molar-refractivity contribution in [3.63, 3.8) is 0 Å². The minimum atomic E-state index is -0.988. The highest BCUT2D eigenvalue weighted by Crippen LogP contribution is 2.37. The zero-order valence-corrected chi connectivity index (χ0v) is 16.9. The lowest BCUT2D eigenvalue weighted by atomic mass is 9.82. The second kappa shape index (κ2) is 8.30. The van der Waals surface area contributed by atoms with Crippen LogP contribution in [0.5, 0.6) is 11.5 Å². The van der Waals surface area contributed by atoms with E-state index in [1.807, 2.05) is 18.2 Å². The van der Waals surface area contributed by atoms with Gasteiger partial charge in [0.25, 0.3) is 5.91 Å². The second-order valence-corrected chi connectivity index (χ2v) is 6.74. The average Bonchev–Trinajstić information content (AvgIpc) is 3.27. The van der Waals surface area contributed by atoms with Crippen LogP contribution >= 0.6 is 0 Å². The molecule has 1 aromatic heterocycles. The van der Waals surface area contributed by atoms with Crippen LogP contribution in [0, 0.1) is 0 Å². The molecule has 0 saturated carbocycles. The minimum absolute atomic E-state index is 0.119. The Morgan fingerprint density at radius 3 is 2.59 bits per heavy atom. The number of methoxy groups -OCH3 is 3. The van der Waals surface area contributed by atoms with Crippen LogP contribution in [0.3, 0.4) is 0 Å². The summed E-state index contributed by atoms with van der Waals surface area (Å²) >= 11 is 0. The van der Waals surface area contributed by atoms with Crippen LogP contribution in [-0.4, -0.2) is 44.7 Å². The molecule has 1 atom stereocenters. The fourth-order valence-electron chi connectivity index (χ4n) is 3.43. The van der Waals surface area contributed by atoms with Gasteiger partial charge in [-0.3, -0.25) is 4.79 Å². The Kier molecular flexibility index (Phi) is 5.81. The molecule has 1 unspecified atom stereocenters. The number of esters is 1. The summed E-state index contributed by atoms with van der Waals surface area (Å²) in [5, 5.41) is 3.17. The maximum atomic E-state index is 13.2. The van der Waals surface area contributed by atoms with Gasteiger partial charge in [-0.1, -0.05) is 6.07 Å². The van der Waals surface area contributed by atoms with E-state index in [0.717, 1.165) is 5.56 Å². The standard InChI is InChI=1S/C21H24N2O6/c1-14(9-19(24)28-4)22-21(16-7-8-29-12-16)13-23(20(21)25)11-15-5-6-17(26-2)18(10-15)27-3/h5-10,12,22H,11,13H2,1-4H3. The van der Waals surface area contributed by atoms with Gasteiger partial charge in [-0.15, -0.1) is 0 Å². The van der Waals surface area contributed by atoms with E-state index in [-0.39, 0.29) is 5.91 Å². The lowest BCUT2D eigenvalue weighted by molar-refractivity contribution is -0.154. The first kappa shape index (κ1) is 20.3. The molecular formula is C21H24N2O6. The molecule has 1 amide bonds. The van der Waals surface area contributed by atoms with Gasteiger partial charge in [0, 0.05) is 23.9 Å². The fraction of sp³-hybridized carbons (Fsp3) is 0.333. The van der Waals surface area contributed by atoms with Gasteiger partial charge in [0.2, 0.25) is 0 Å². The summed E-state index contributed by atoms with van der Waals surface area (Å²) in [5.74, 6) is 0.621. The number of benzene rings is 1. The molecule has 1 N–H and O–H groups in total. The van der Waals surface area contributed by atoms with E-state index in [1.165, 1.54) is 25.7 Å². The van der Waals surface area contributed by atoms with E-state index in [1.54, 1.807) is 32.1 Å². The number of furan rings is 1.